The first-order valence-corrected chi connectivity index (χ1v) is 9.76. The van der Waals surface area contributed by atoms with Gasteiger partial charge in [-0.1, -0.05) is 54.8 Å². The molecule has 1 aliphatic carbocycles. The van der Waals surface area contributed by atoms with Crippen molar-refractivity contribution < 1.29 is 19.1 Å². The highest BCUT2D eigenvalue weighted by Crippen LogP contribution is 2.42. The van der Waals surface area contributed by atoms with Gasteiger partial charge in [0.1, 0.15) is 5.75 Å². The van der Waals surface area contributed by atoms with Gasteiger partial charge in [-0.3, -0.25) is 14.4 Å². The van der Waals surface area contributed by atoms with Crippen molar-refractivity contribution >= 4 is 23.3 Å². The smallest absolute Gasteiger partial charge is 0.237 e. The van der Waals surface area contributed by atoms with E-state index in [0.29, 0.717) is 17.0 Å². The van der Waals surface area contributed by atoms with Gasteiger partial charge in [-0.05, 0) is 31.9 Å². The maximum atomic E-state index is 12.9. The van der Waals surface area contributed by atoms with Crippen LogP contribution in [0.5, 0.6) is 5.75 Å². The number of imide groups is 1. The van der Waals surface area contributed by atoms with Gasteiger partial charge in [0.25, 0.3) is 0 Å². The lowest BCUT2D eigenvalue weighted by Crippen LogP contribution is -2.31. The quantitative estimate of drug-likeness (QED) is 0.585. The van der Waals surface area contributed by atoms with Crippen LogP contribution in [0.1, 0.15) is 41.6 Å². The molecule has 0 radical (unpaired) electrons. The van der Waals surface area contributed by atoms with Gasteiger partial charge < -0.3 is 4.74 Å². The second kappa shape index (κ2) is 7.58. The molecule has 5 nitrogen and oxygen atoms in total. The van der Waals surface area contributed by atoms with Crippen LogP contribution >= 0.6 is 0 Å². The predicted octanol–water partition coefficient (Wildman–Crippen LogP) is 3.94. The monoisotopic (exact) mass is 377 g/mol. The van der Waals surface area contributed by atoms with E-state index < -0.39 is 0 Å². The number of ketones is 1. The van der Waals surface area contributed by atoms with Crippen LogP contribution in [0.15, 0.2) is 48.5 Å². The van der Waals surface area contributed by atoms with E-state index in [2.05, 4.69) is 0 Å². The maximum Gasteiger partial charge on any atom is 0.237 e. The minimum atomic E-state index is -0.219. The predicted molar refractivity (Wildman–Crippen MR) is 105 cm³/mol. The Labute approximate surface area is 164 Å². The fourth-order valence-corrected chi connectivity index (χ4v) is 4.13. The minimum absolute atomic E-state index is 0.143. The van der Waals surface area contributed by atoms with Gasteiger partial charge in [-0.2, -0.15) is 0 Å². The molecule has 0 bridgehead atoms. The second-order valence-electron chi connectivity index (χ2n) is 7.55. The number of para-hydroxylation sites is 2. The summed E-state index contributed by atoms with van der Waals surface area (Å²) in [7, 11) is 0. The van der Waals surface area contributed by atoms with Gasteiger partial charge in [-0.15, -0.1) is 0 Å². The average Bonchev–Trinajstić information content (AvgIpc) is 2.97. The summed E-state index contributed by atoms with van der Waals surface area (Å²) in [6.45, 7) is 1.81. The Balaban J connectivity index is 1.54. The van der Waals surface area contributed by atoms with Crippen molar-refractivity contribution in [3.05, 3.63) is 59.7 Å². The van der Waals surface area contributed by atoms with Gasteiger partial charge in [0.2, 0.25) is 11.8 Å². The summed E-state index contributed by atoms with van der Waals surface area (Å²) in [4.78, 5) is 39.4. The fraction of sp³-hybridized carbons (Fsp3) is 0.348. The van der Waals surface area contributed by atoms with Gasteiger partial charge in [0.15, 0.2) is 12.4 Å². The fourth-order valence-electron chi connectivity index (χ4n) is 4.13. The summed E-state index contributed by atoms with van der Waals surface area (Å²) in [5.74, 6) is -0.496. The van der Waals surface area contributed by atoms with E-state index in [1.165, 1.54) is 4.90 Å². The van der Waals surface area contributed by atoms with Crippen LogP contribution < -0.4 is 9.64 Å². The number of ether oxygens (including phenoxy) is 1. The van der Waals surface area contributed by atoms with E-state index in [9.17, 15) is 14.4 Å². The van der Waals surface area contributed by atoms with Crippen molar-refractivity contribution in [2.75, 3.05) is 11.5 Å². The van der Waals surface area contributed by atoms with E-state index in [0.717, 1.165) is 31.2 Å². The van der Waals surface area contributed by atoms with Crippen LogP contribution in [0.3, 0.4) is 0 Å². The van der Waals surface area contributed by atoms with Crippen molar-refractivity contribution in [2.24, 2.45) is 11.8 Å². The van der Waals surface area contributed by atoms with E-state index in [1.54, 1.807) is 36.4 Å². The van der Waals surface area contributed by atoms with Crippen molar-refractivity contribution in [1.82, 2.24) is 0 Å². The number of anilines is 1. The Kier molecular flexibility index (Phi) is 4.99. The molecule has 0 unspecified atom stereocenters. The third kappa shape index (κ3) is 3.33. The topological polar surface area (TPSA) is 63.7 Å². The molecule has 2 aromatic carbocycles. The molecule has 5 heteroatoms. The maximum absolute atomic E-state index is 12.9. The largest absolute Gasteiger partial charge is 0.483 e. The number of fused-ring (bicyclic) bond motifs is 1. The number of carbonyl (C=O) groups excluding carboxylic acids is 3. The molecule has 144 valence electrons. The van der Waals surface area contributed by atoms with Gasteiger partial charge >= 0.3 is 0 Å². The molecule has 2 aliphatic rings. The molecule has 4 rings (SSSR count). The normalized spacial score (nSPS) is 21.5. The molecular formula is C23H23NO4. The van der Waals surface area contributed by atoms with Gasteiger partial charge in [0, 0.05) is 5.56 Å². The summed E-state index contributed by atoms with van der Waals surface area (Å²) < 4.78 is 5.75. The molecule has 2 aromatic rings. The first-order valence-electron chi connectivity index (χ1n) is 9.76. The van der Waals surface area contributed by atoms with Crippen LogP contribution in [-0.4, -0.2) is 24.2 Å². The zero-order chi connectivity index (χ0) is 19.7. The average molecular weight is 377 g/mol. The van der Waals surface area contributed by atoms with Crippen LogP contribution in [0.25, 0.3) is 0 Å². The Morgan fingerprint density at radius 2 is 1.57 bits per heavy atom. The van der Waals surface area contributed by atoms with Crippen LogP contribution in [-0.2, 0) is 9.59 Å². The standard InChI is InChI=1S/C23H23NO4/c1-15-10-12-16(13-11-15)20(25)14-28-21-9-5-4-8-19(21)24-22(26)17-6-2-3-7-18(17)23(24)27/h4-5,8-13,17-18H,2-3,6-7,14H2,1H3/t17-,18+. The van der Waals surface area contributed by atoms with Crippen molar-refractivity contribution in [3.63, 3.8) is 0 Å². The first-order chi connectivity index (χ1) is 13.6. The first kappa shape index (κ1) is 18.4. The number of carbonyl (C=O) groups is 3. The number of rotatable bonds is 5. The highest BCUT2D eigenvalue weighted by molar-refractivity contribution is 6.22. The Hall–Kier alpha value is -2.95. The van der Waals surface area contributed by atoms with E-state index in [1.807, 2.05) is 19.1 Å². The molecule has 1 saturated carbocycles. The molecule has 28 heavy (non-hydrogen) atoms. The third-order valence-electron chi connectivity index (χ3n) is 5.68. The highest BCUT2D eigenvalue weighted by atomic mass is 16.5. The minimum Gasteiger partial charge on any atom is -0.483 e. The lowest BCUT2D eigenvalue weighted by Gasteiger charge is -2.19. The summed E-state index contributed by atoms with van der Waals surface area (Å²) in [6.07, 6.45) is 3.50. The number of nitrogens with zero attached hydrogens (tertiary/aromatic N) is 1. The molecule has 1 heterocycles. The third-order valence-corrected chi connectivity index (χ3v) is 5.68. The van der Waals surface area contributed by atoms with Crippen LogP contribution in [0.2, 0.25) is 0 Å². The number of aryl methyl sites for hydroxylation is 1. The van der Waals surface area contributed by atoms with Crippen LogP contribution in [0.4, 0.5) is 5.69 Å². The van der Waals surface area contributed by atoms with E-state index in [4.69, 9.17) is 4.74 Å². The van der Waals surface area contributed by atoms with Crippen molar-refractivity contribution in [2.45, 2.75) is 32.6 Å². The zero-order valence-corrected chi connectivity index (χ0v) is 15.9. The number of benzene rings is 2. The zero-order valence-electron chi connectivity index (χ0n) is 15.9. The van der Waals surface area contributed by atoms with Crippen LogP contribution in [0, 0.1) is 18.8 Å². The number of Topliss-reactive ketones (excluding diaryl/α,β-unsaturated/α-hetero) is 1. The number of amides is 2. The molecule has 2 atom stereocenters. The lowest BCUT2D eigenvalue weighted by molar-refractivity contribution is -0.122. The summed E-state index contributed by atoms with van der Waals surface area (Å²) >= 11 is 0. The van der Waals surface area contributed by atoms with Crippen molar-refractivity contribution in [3.8, 4) is 5.75 Å². The molecule has 0 spiro atoms. The Morgan fingerprint density at radius 1 is 0.964 bits per heavy atom. The molecule has 0 aromatic heterocycles. The van der Waals surface area contributed by atoms with E-state index >= 15 is 0 Å². The van der Waals surface area contributed by atoms with Gasteiger partial charge in [0.05, 0.1) is 17.5 Å². The molecule has 1 saturated heterocycles. The molecular weight excluding hydrogens is 354 g/mol. The second-order valence-corrected chi connectivity index (χ2v) is 7.55. The summed E-state index contributed by atoms with van der Waals surface area (Å²) in [5.41, 5.74) is 2.08. The SMILES string of the molecule is Cc1ccc(C(=O)COc2ccccc2N2C(=O)[C@H]3CCCC[C@H]3C2=O)cc1. The Bertz CT molecular complexity index is 894. The molecule has 1 aliphatic heterocycles. The Morgan fingerprint density at radius 3 is 2.21 bits per heavy atom. The van der Waals surface area contributed by atoms with Gasteiger partial charge in [-0.25, -0.2) is 4.90 Å². The molecule has 0 N–H and O–H groups in total. The number of hydrogen-bond acceptors (Lipinski definition) is 4. The molecule has 2 amide bonds. The summed E-state index contributed by atoms with van der Waals surface area (Å²) in [5, 5.41) is 0. The highest BCUT2D eigenvalue weighted by Gasteiger charge is 2.49. The molecule has 2 fully saturated rings. The number of hydrogen-bond donors (Lipinski definition) is 0. The van der Waals surface area contributed by atoms with E-state index in [-0.39, 0.29) is 36.0 Å². The van der Waals surface area contributed by atoms with Crippen molar-refractivity contribution in [1.29, 1.82) is 0 Å². The lowest BCUT2D eigenvalue weighted by atomic mass is 9.81. The summed E-state index contributed by atoms with van der Waals surface area (Å²) in [6, 6.07) is 14.2.